The SMILES string of the molecule is CCO[C@@H](Cc1ccc(-c2cccc(N(C)C(=O)NCCCc3ccccc3)n2)cc1)C(=O)O. The molecule has 7 nitrogen and oxygen atoms in total. The smallest absolute Gasteiger partial charge is 0.333 e. The number of pyridine rings is 1. The van der Waals surface area contributed by atoms with Crippen LogP contribution >= 0.6 is 0 Å². The number of carbonyl (C=O) groups excluding carboxylic acids is 1. The predicted molar refractivity (Wildman–Crippen MR) is 133 cm³/mol. The van der Waals surface area contributed by atoms with Crippen molar-refractivity contribution in [1.82, 2.24) is 10.3 Å². The summed E-state index contributed by atoms with van der Waals surface area (Å²) in [4.78, 5) is 30.0. The summed E-state index contributed by atoms with van der Waals surface area (Å²) in [6.45, 7) is 2.71. The molecule has 7 heteroatoms. The van der Waals surface area contributed by atoms with Crippen LogP contribution in [0.1, 0.15) is 24.5 Å². The van der Waals surface area contributed by atoms with E-state index in [0.29, 0.717) is 25.4 Å². The molecule has 0 spiro atoms. The second-order valence-corrected chi connectivity index (χ2v) is 7.94. The van der Waals surface area contributed by atoms with Crippen molar-refractivity contribution in [1.29, 1.82) is 0 Å². The number of ether oxygens (including phenoxy) is 1. The van der Waals surface area contributed by atoms with Gasteiger partial charge in [0, 0.05) is 32.2 Å². The zero-order chi connectivity index (χ0) is 24.3. The Bertz CT molecular complexity index is 1070. The lowest BCUT2D eigenvalue weighted by molar-refractivity contribution is -0.149. The minimum absolute atomic E-state index is 0.205. The van der Waals surface area contributed by atoms with Gasteiger partial charge in [-0.05, 0) is 43.0 Å². The van der Waals surface area contributed by atoms with Gasteiger partial charge in [-0.2, -0.15) is 0 Å². The summed E-state index contributed by atoms with van der Waals surface area (Å²) in [6.07, 6.45) is 1.20. The first-order valence-electron chi connectivity index (χ1n) is 11.4. The van der Waals surface area contributed by atoms with E-state index in [1.54, 1.807) is 20.0 Å². The van der Waals surface area contributed by atoms with Crippen molar-refractivity contribution < 1.29 is 19.4 Å². The lowest BCUT2D eigenvalue weighted by Crippen LogP contribution is -2.38. The van der Waals surface area contributed by atoms with E-state index in [2.05, 4.69) is 22.4 Å². The van der Waals surface area contributed by atoms with Crippen molar-refractivity contribution >= 4 is 17.8 Å². The van der Waals surface area contributed by atoms with Crippen LogP contribution in [0.4, 0.5) is 10.6 Å². The second kappa shape index (κ2) is 12.5. The summed E-state index contributed by atoms with van der Waals surface area (Å²) >= 11 is 0. The summed E-state index contributed by atoms with van der Waals surface area (Å²) in [6, 6.07) is 23.1. The Labute approximate surface area is 200 Å². The summed E-state index contributed by atoms with van der Waals surface area (Å²) < 4.78 is 5.29. The van der Waals surface area contributed by atoms with E-state index in [0.717, 1.165) is 29.7 Å². The zero-order valence-electron chi connectivity index (χ0n) is 19.6. The highest BCUT2D eigenvalue weighted by Gasteiger charge is 2.18. The van der Waals surface area contributed by atoms with Crippen molar-refractivity contribution in [2.45, 2.75) is 32.3 Å². The third-order valence-electron chi connectivity index (χ3n) is 5.46. The molecule has 0 fully saturated rings. The molecule has 2 amide bonds. The standard InChI is InChI=1S/C27H31N3O4/c1-3-34-24(26(31)32)19-21-14-16-22(17-15-21)23-12-7-13-25(29-23)30(2)27(33)28-18-8-11-20-9-5-4-6-10-20/h4-7,9-10,12-17,24H,3,8,11,18-19H2,1-2H3,(H,28,33)(H,31,32)/t24-/m0/s1. The van der Waals surface area contributed by atoms with Gasteiger partial charge in [0.05, 0.1) is 5.69 Å². The van der Waals surface area contributed by atoms with Gasteiger partial charge >= 0.3 is 12.0 Å². The number of anilines is 1. The molecule has 3 aromatic rings. The molecule has 0 bridgehead atoms. The maximum absolute atomic E-state index is 12.6. The molecule has 1 aromatic heterocycles. The van der Waals surface area contributed by atoms with Gasteiger partial charge in [-0.1, -0.05) is 60.7 Å². The van der Waals surface area contributed by atoms with Gasteiger partial charge in [-0.25, -0.2) is 14.6 Å². The molecule has 34 heavy (non-hydrogen) atoms. The van der Waals surface area contributed by atoms with Gasteiger partial charge in [0.2, 0.25) is 0 Å². The average molecular weight is 462 g/mol. The maximum Gasteiger partial charge on any atom is 0.333 e. The summed E-state index contributed by atoms with van der Waals surface area (Å²) in [5.74, 6) is -0.425. The third kappa shape index (κ3) is 7.15. The van der Waals surface area contributed by atoms with Crippen molar-refractivity contribution in [2.75, 3.05) is 25.1 Å². The molecule has 178 valence electrons. The number of amides is 2. The van der Waals surface area contributed by atoms with Crippen molar-refractivity contribution in [2.24, 2.45) is 0 Å². The normalized spacial score (nSPS) is 11.6. The minimum atomic E-state index is -0.971. The van der Waals surface area contributed by atoms with E-state index in [1.807, 2.05) is 54.6 Å². The molecular formula is C27H31N3O4. The molecule has 1 atom stereocenters. The molecule has 0 aliphatic heterocycles. The molecule has 0 saturated carbocycles. The fourth-order valence-corrected chi connectivity index (χ4v) is 3.57. The van der Waals surface area contributed by atoms with E-state index in [4.69, 9.17) is 4.74 Å². The van der Waals surface area contributed by atoms with E-state index in [-0.39, 0.29) is 6.03 Å². The van der Waals surface area contributed by atoms with Crippen LogP contribution in [0.5, 0.6) is 0 Å². The fourth-order valence-electron chi connectivity index (χ4n) is 3.57. The second-order valence-electron chi connectivity index (χ2n) is 7.94. The van der Waals surface area contributed by atoms with Crippen LogP contribution in [0.2, 0.25) is 0 Å². The molecule has 0 radical (unpaired) electrons. The van der Waals surface area contributed by atoms with E-state index in [9.17, 15) is 14.7 Å². The van der Waals surface area contributed by atoms with Crippen LogP contribution in [-0.2, 0) is 22.4 Å². The number of nitrogens with one attached hydrogen (secondary N) is 1. The topological polar surface area (TPSA) is 91.8 Å². The summed E-state index contributed by atoms with van der Waals surface area (Å²) in [5.41, 5.74) is 3.73. The molecule has 2 aromatic carbocycles. The number of hydrogen-bond donors (Lipinski definition) is 2. The Morgan fingerprint density at radius 1 is 1.00 bits per heavy atom. The van der Waals surface area contributed by atoms with Crippen LogP contribution < -0.4 is 10.2 Å². The first-order chi connectivity index (χ1) is 16.5. The van der Waals surface area contributed by atoms with Crippen LogP contribution in [0.15, 0.2) is 72.8 Å². The zero-order valence-corrected chi connectivity index (χ0v) is 19.6. The molecule has 2 N–H and O–H groups in total. The number of nitrogens with zero attached hydrogens (tertiary/aromatic N) is 2. The average Bonchev–Trinajstić information content (AvgIpc) is 2.87. The number of carboxylic acids is 1. The molecule has 0 unspecified atom stereocenters. The molecule has 0 saturated heterocycles. The molecule has 0 aliphatic carbocycles. The molecule has 1 heterocycles. The van der Waals surface area contributed by atoms with Gasteiger partial charge in [0.25, 0.3) is 0 Å². The van der Waals surface area contributed by atoms with Crippen molar-refractivity contribution in [3.63, 3.8) is 0 Å². The highest BCUT2D eigenvalue weighted by atomic mass is 16.5. The number of aryl methyl sites for hydroxylation is 1. The number of urea groups is 1. The number of carboxylic acid groups (broad SMARTS) is 1. The van der Waals surface area contributed by atoms with E-state index >= 15 is 0 Å². The monoisotopic (exact) mass is 461 g/mol. The minimum Gasteiger partial charge on any atom is -0.479 e. The van der Waals surface area contributed by atoms with Crippen LogP contribution in [0.25, 0.3) is 11.3 Å². The van der Waals surface area contributed by atoms with Crippen molar-refractivity contribution in [3.05, 3.63) is 83.9 Å². The Morgan fingerprint density at radius 3 is 2.41 bits per heavy atom. The first kappa shape index (κ1) is 24.9. The fraction of sp³-hybridized carbons (Fsp3) is 0.296. The highest BCUT2D eigenvalue weighted by molar-refractivity contribution is 5.90. The Morgan fingerprint density at radius 2 is 1.74 bits per heavy atom. The molecular weight excluding hydrogens is 430 g/mol. The van der Waals surface area contributed by atoms with Crippen LogP contribution in [0, 0.1) is 0 Å². The van der Waals surface area contributed by atoms with Gasteiger partial charge in [0.15, 0.2) is 6.10 Å². The summed E-state index contributed by atoms with van der Waals surface area (Å²) in [7, 11) is 1.70. The first-order valence-corrected chi connectivity index (χ1v) is 11.4. The molecule has 0 aliphatic rings. The quantitative estimate of drug-likeness (QED) is 0.409. The molecule has 3 rings (SSSR count). The Balaban J connectivity index is 1.57. The van der Waals surface area contributed by atoms with E-state index < -0.39 is 12.1 Å². The van der Waals surface area contributed by atoms with Crippen LogP contribution in [-0.4, -0.2) is 48.4 Å². The maximum atomic E-state index is 12.6. The lowest BCUT2D eigenvalue weighted by Gasteiger charge is -2.18. The van der Waals surface area contributed by atoms with Gasteiger partial charge in [0.1, 0.15) is 5.82 Å². The number of aromatic nitrogens is 1. The lowest BCUT2D eigenvalue weighted by atomic mass is 10.0. The number of hydrogen-bond acceptors (Lipinski definition) is 4. The number of carbonyl (C=O) groups is 2. The largest absolute Gasteiger partial charge is 0.479 e. The van der Waals surface area contributed by atoms with Gasteiger partial charge in [-0.15, -0.1) is 0 Å². The number of rotatable bonds is 11. The van der Waals surface area contributed by atoms with Crippen molar-refractivity contribution in [3.8, 4) is 11.3 Å². The Kier molecular flexibility index (Phi) is 9.17. The Hall–Kier alpha value is -3.71. The van der Waals surface area contributed by atoms with E-state index in [1.165, 1.54) is 10.5 Å². The summed E-state index contributed by atoms with van der Waals surface area (Å²) in [5, 5.41) is 12.2. The number of benzene rings is 2. The predicted octanol–water partition coefficient (Wildman–Crippen LogP) is 4.56. The van der Waals surface area contributed by atoms with Crippen LogP contribution in [0.3, 0.4) is 0 Å². The third-order valence-corrected chi connectivity index (χ3v) is 5.46. The van der Waals surface area contributed by atoms with Gasteiger partial charge in [-0.3, -0.25) is 4.90 Å². The highest BCUT2D eigenvalue weighted by Crippen LogP contribution is 2.21. The number of aliphatic carboxylic acids is 1. The van der Waals surface area contributed by atoms with Gasteiger partial charge < -0.3 is 15.2 Å².